The summed E-state index contributed by atoms with van der Waals surface area (Å²) in [6, 6.07) is 4.12. The molecule has 1 N–H and O–H groups in total. The highest BCUT2D eigenvalue weighted by atomic mass is 35.5. The molecule has 0 saturated carbocycles. The minimum Gasteiger partial charge on any atom is -0.507 e. The molecule has 1 aromatic rings. The van der Waals surface area contributed by atoms with Crippen LogP contribution in [0, 0.1) is 0 Å². The molecule has 0 spiro atoms. The molecule has 19 heavy (non-hydrogen) atoms. The minimum absolute atomic E-state index is 0.0414. The first-order valence-corrected chi connectivity index (χ1v) is 5.87. The predicted molar refractivity (Wildman–Crippen MR) is 69.5 cm³/mol. The molecule has 0 amide bonds. The summed E-state index contributed by atoms with van der Waals surface area (Å²) in [6.45, 7) is 1.44. The van der Waals surface area contributed by atoms with Gasteiger partial charge in [-0.25, -0.2) is 4.79 Å². The second kappa shape index (κ2) is 6.04. The van der Waals surface area contributed by atoms with Crippen molar-refractivity contribution in [1.82, 2.24) is 0 Å². The molecule has 0 aliphatic rings. The average molecular weight is 287 g/mol. The number of carbonyl (C=O) groups is 2. The number of benzene rings is 1. The lowest BCUT2D eigenvalue weighted by Crippen LogP contribution is -2.40. The number of phenolic OH excluding ortho intramolecular Hbond substituents is 1. The summed E-state index contributed by atoms with van der Waals surface area (Å²) in [6.07, 6.45) is -0.260. The Balaban J connectivity index is 3.01. The van der Waals surface area contributed by atoms with Gasteiger partial charge in [0.15, 0.2) is 11.4 Å². The Labute approximate surface area is 116 Å². The molecule has 1 atom stereocenters. The molecule has 0 aliphatic heterocycles. The third kappa shape index (κ3) is 3.45. The maximum atomic E-state index is 12.1. The Hall–Kier alpha value is -1.59. The van der Waals surface area contributed by atoms with Gasteiger partial charge < -0.3 is 14.6 Å². The number of hydrogen-bond acceptors (Lipinski definition) is 5. The number of aromatic hydroxyl groups is 1. The fourth-order valence-electron chi connectivity index (χ4n) is 1.58. The van der Waals surface area contributed by atoms with Gasteiger partial charge in [-0.05, 0) is 25.1 Å². The van der Waals surface area contributed by atoms with Crippen LogP contribution in [0.5, 0.6) is 5.75 Å². The normalized spacial score (nSPS) is 13.7. The van der Waals surface area contributed by atoms with Crippen molar-refractivity contribution in [3.05, 3.63) is 28.8 Å². The van der Waals surface area contributed by atoms with Crippen LogP contribution in [0.25, 0.3) is 0 Å². The van der Waals surface area contributed by atoms with Crippen molar-refractivity contribution in [2.45, 2.75) is 18.9 Å². The largest absolute Gasteiger partial charge is 0.507 e. The molecule has 0 heterocycles. The molecule has 1 rings (SSSR count). The molecule has 0 bridgehead atoms. The molecule has 5 nitrogen and oxygen atoms in total. The van der Waals surface area contributed by atoms with E-state index in [0.717, 1.165) is 0 Å². The van der Waals surface area contributed by atoms with E-state index in [0.29, 0.717) is 5.02 Å². The fourth-order valence-corrected chi connectivity index (χ4v) is 1.75. The van der Waals surface area contributed by atoms with Crippen molar-refractivity contribution in [3.8, 4) is 5.75 Å². The average Bonchev–Trinajstić information content (AvgIpc) is 2.40. The van der Waals surface area contributed by atoms with Crippen LogP contribution in [-0.4, -0.2) is 36.7 Å². The zero-order valence-corrected chi connectivity index (χ0v) is 11.7. The van der Waals surface area contributed by atoms with Crippen LogP contribution in [0.4, 0.5) is 0 Å². The lowest BCUT2D eigenvalue weighted by atomic mass is 9.95. The van der Waals surface area contributed by atoms with Crippen LogP contribution in [0.2, 0.25) is 5.02 Å². The summed E-state index contributed by atoms with van der Waals surface area (Å²) in [5.41, 5.74) is -1.36. The number of ketones is 1. The number of carbonyl (C=O) groups excluding carboxylic acids is 2. The topological polar surface area (TPSA) is 72.8 Å². The van der Waals surface area contributed by atoms with Crippen molar-refractivity contribution >= 4 is 23.4 Å². The third-order valence-electron chi connectivity index (χ3n) is 2.82. The zero-order chi connectivity index (χ0) is 14.6. The lowest BCUT2D eigenvalue weighted by Gasteiger charge is -2.24. The Morgan fingerprint density at radius 2 is 2.00 bits per heavy atom. The maximum Gasteiger partial charge on any atom is 0.338 e. The van der Waals surface area contributed by atoms with Gasteiger partial charge in [-0.1, -0.05) is 11.6 Å². The monoisotopic (exact) mass is 286 g/mol. The van der Waals surface area contributed by atoms with Crippen molar-refractivity contribution in [2.24, 2.45) is 0 Å². The van der Waals surface area contributed by atoms with Crippen molar-refractivity contribution in [3.63, 3.8) is 0 Å². The van der Waals surface area contributed by atoms with Crippen molar-refractivity contribution < 1.29 is 24.2 Å². The van der Waals surface area contributed by atoms with Crippen LogP contribution in [0.1, 0.15) is 23.7 Å². The van der Waals surface area contributed by atoms with Gasteiger partial charge >= 0.3 is 5.97 Å². The second-order valence-corrected chi connectivity index (χ2v) is 4.62. The van der Waals surface area contributed by atoms with E-state index >= 15 is 0 Å². The summed E-state index contributed by atoms with van der Waals surface area (Å²) >= 11 is 5.77. The molecule has 0 unspecified atom stereocenters. The van der Waals surface area contributed by atoms with Gasteiger partial charge in [-0.3, -0.25) is 4.79 Å². The van der Waals surface area contributed by atoms with Crippen LogP contribution >= 0.6 is 11.6 Å². The molecule has 6 heteroatoms. The Bertz CT molecular complexity index is 500. The Morgan fingerprint density at radius 3 is 2.53 bits per heavy atom. The predicted octanol–water partition coefficient (Wildman–Crippen LogP) is 2.20. The molecular weight excluding hydrogens is 272 g/mol. The van der Waals surface area contributed by atoms with E-state index in [1.54, 1.807) is 0 Å². The molecule has 1 aromatic carbocycles. The number of rotatable bonds is 5. The van der Waals surface area contributed by atoms with Crippen LogP contribution < -0.4 is 0 Å². The highest BCUT2D eigenvalue weighted by Crippen LogP contribution is 2.26. The van der Waals surface area contributed by atoms with Crippen molar-refractivity contribution in [2.75, 3.05) is 14.2 Å². The zero-order valence-electron chi connectivity index (χ0n) is 10.9. The number of halogens is 1. The third-order valence-corrected chi connectivity index (χ3v) is 3.06. The maximum absolute atomic E-state index is 12.1. The van der Waals surface area contributed by atoms with E-state index in [9.17, 15) is 14.7 Å². The van der Waals surface area contributed by atoms with E-state index < -0.39 is 17.4 Å². The molecule has 0 radical (unpaired) electrons. The fraction of sp³-hybridized carbons (Fsp3) is 0.385. The van der Waals surface area contributed by atoms with E-state index in [4.69, 9.17) is 16.3 Å². The quantitative estimate of drug-likeness (QED) is 0.663. The van der Waals surface area contributed by atoms with E-state index in [1.165, 1.54) is 39.3 Å². The molecule has 0 aliphatic carbocycles. The smallest absolute Gasteiger partial charge is 0.338 e. The van der Waals surface area contributed by atoms with Crippen LogP contribution in [0.3, 0.4) is 0 Å². The van der Waals surface area contributed by atoms with Gasteiger partial charge in [0, 0.05) is 12.1 Å². The number of hydrogen-bond donors (Lipinski definition) is 1. The van der Waals surface area contributed by atoms with Gasteiger partial charge in [-0.15, -0.1) is 0 Å². The second-order valence-electron chi connectivity index (χ2n) is 4.19. The molecule has 104 valence electrons. The van der Waals surface area contributed by atoms with Gasteiger partial charge in [0.1, 0.15) is 5.75 Å². The van der Waals surface area contributed by atoms with Crippen molar-refractivity contribution in [1.29, 1.82) is 0 Å². The van der Waals surface area contributed by atoms with Gasteiger partial charge in [0.2, 0.25) is 0 Å². The van der Waals surface area contributed by atoms with Crippen LogP contribution in [-0.2, 0) is 14.3 Å². The van der Waals surface area contributed by atoms with Gasteiger partial charge in [-0.2, -0.15) is 0 Å². The van der Waals surface area contributed by atoms with E-state index in [1.807, 2.05) is 0 Å². The number of Topliss-reactive ketones (excluding diaryl/α,β-unsaturated/α-hetero) is 1. The summed E-state index contributed by atoms with van der Waals surface area (Å²) in [5.74, 6) is -1.32. The molecule has 0 saturated heterocycles. The first-order chi connectivity index (χ1) is 8.84. The standard InChI is InChI=1S/C13H15ClO5/c1-13(19-3,12(17)18-2)7-11(16)9-6-8(14)4-5-10(9)15/h4-6,15H,7H2,1-3H3/t13-/m1/s1. The number of esters is 1. The molecular formula is C13H15ClO5. The first kappa shape index (κ1) is 15.5. The van der Waals surface area contributed by atoms with E-state index in [2.05, 4.69) is 4.74 Å². The molecule has 0 fully saturated rings. The summed E-state index contributed by atoms with van der Waals surface area (Å²) in [7, 11) is 2.52. The van der Waals surface area contributed by atoms with E-state index in [-0.39, 0.29) is 17.7 Å². The highest BCUT2D eigenvalue weighted by molar-refractivity contribution is 6.31. The minimum atomic E-state index is -1.40. The summed E-state index contributed by atoms with van der Waals surface area (Å²) in [5, 5.41) is 9.95. The summed E-state index contributed by atoms with van der Waals surface area (Å²) < 4.78 is 9.64. The summed E-state index contributed by atoms with van der Waals surface area (Å²) in [4.78, 5) is 23.7. The van der Waals surface area contributed by atoms with Crippen LogP contribution in [0.15, 0.2) is 18.2 Å². The molecule has 0 aromatic heterocycles. The number of ether oxygens (including phenoxy) is 2. The Kier molecular flexibility index (Phi) is 4.91. The highest BCUT2D eigenvalue weighted by Gasteiger charge is 2.37. The Morgan fingerprint density at radius 1 is 1.37 bits per heavy atom. The number of phenols is 1. The van der Waals surface area contributed by atoms with Gasteiger partial charge in [0.25, 0.3) is 0 Å². The van der Waals surface area contributed by atoms with Gasteiger partial charge in [0.05, 0.1) is 19.1 Å². The first-order valence-electron chi connectivity index (χ1n) is 5.49. The SMILES string of the molecule is COC(=O)[C@@](C)(CC(=O)c1cc(Cl)ccc1O)OC. The number of methoxy groups -OCH3 is 2. The lowest BCUT2D eigenvalue weighted by molar-refractivity contribution is -0.163.